The molecule has 0 radical (unpaired) electrons. The van der Waals surface area contributed by atoms with Crippen LogP contribution in [0.1, 0.15) is 10.4 Å². The van der Waals surface area contributed by atoms with Gasteiger partial charge in [-0.3, -0.25) is 4.79 Å². The summed E-state index contributed by atoms with van der Waals surface area (Å²) in [7, 11) is 0. The molecule has 1 aliphatic rings. The highest BCUT2D eigenvalue weighted by atomic mass is 79.9. The molecule has 1 fully saturated rings. The van der Waals surface area contributed by atoms with Gasteiger partial charge in [0.1, 0.15) is 0 Å². The molecule has 1 amide bonds. The summed E-state index contributed by atoms with van der Waals surface area (Å²) in [6, 6.07) is 5.26. The Hall–Kier alpha value is -0.580. The van der Waals surface area contributed by atoms with Gasteiger partial charge in [-0.05, 0) is 18.2 Å². The summed E-state index contributed by atoms with van der Waals surface area (Å²) >= 11 is 9.28. The van der Waals surface area contributed by atoms with Gasteiger partial charge in [-0.2, -0.15) is 0 Å². The number of nitrogens with one attached hydrogen (secondary N) is 2. The lowest BCUT2D eigenvalue weighted by Crippen LogP contribution is -2.48. The molecule has 2 rings (SSSR count). The Morgan fingerprint density at radius 3 is 2.94 bits per heavy atom. The van der Waals surface area contributed by atoms with Crippen LogP contribution in [0, 0.1) is 5.92 Å². The third-order valence-electron chi connectivity index (χ3n) is 2.59. The quantitative estimate of drug-likeness (QED) is 0.897. The molecule has 0 aromatic heterocycles. The number of benzene rings is 1. The maximum Gasteiger partial charge on any atom is 0.252 e. The van der Waals surface area contributed by atoms with Crippen molar-refractivity contribution in [2.24, 2.45) is 5.92 Å². The van der Waals surface area contributed by atoms with Gasteiger partial charge in [0.15, 0.2) is 0 Å². The van der Waals surface area contributed by atoms with Crippen molar-refractivity contribution < 1.29 is 4.79 Å². The zero-order valence-electron chi connectivity index (χ0n) is 8.59. The van der Waals surface area contributed by atoms with Crippen molar-refractivity contribution in [2.75, 3.05) is 19.6 Å². The van der Waals surface area contributed by atoms with Crippen LogP contribution in [0.5, 0.6) is 0 Å². The van der Waals surface area contributed by atoms with Crippen LogP contribution in [-0.2, 0) is 0 Å². The molecular weight excluding hydrogens is 291 g/mol. The lowest BCUT2D eigenvalue weighted by molar-refractivity contribution is 0.0942. The highest BCUT2D eigenvalue weighted by Crippen LogP contribution is 2.20. The Bertz CT molecular complexity index is 407. The minimum Gasteiger partial charge on any atom is -0.352 e. The second kappa shape index (κ2) is 5.17. The molecular formula is C11H12BrClN2O. The first kappa shape index (κ1) is 11.9. The molecule has 86 valence electrons. The van der Waals surface area contributed by atoms with Crippen LogP contribution in [0.3, 0.4) is 0 Å². The summed E-state index contributed by atoms with van der Waals surface area (Å²) in [5, 5.41) is 6.52. The first-order valence-electron chi connectivity index (χ1n) is 5.11. The first-order valence-corrected chi connectivity index (χ1v) is 6.28. The standard InChI is InChI=1S/C11H12BrClN2O/c12-8-1-2-10(13)9(3-8)11(16)15-6-7-4-14-5-7/h1-3,7,14H,4-6H2,(H,15,16). The van der Waals surface area contributed by atoms with Crippen LogP contribution in [0.15, 0.2) is 22.7 Å². The van der Waals surface area contributed by atoms with Crippen molar-refractivity contribution in [3.05, 3.63) is 33.3 Å². The van der Waals surface area contributed by atoms with Crippen LogP contribution >= 0.6 is 27.5 Å². The Morgan fingerprint density at radius 1 is 1.56 bits per heavy atom. The molecule has 0 unspecified atom stereocenters. The molecule has 1 saturated heterocycles. The normalized spacial score (nSPS) is 15.6. The number of amides is 1. The Balaban J connectivity index is 1.99. The molecule has 0 atom stereocenters. The largest absolute Gasteiger partial charge is 0.352 e. The highest BCUT2D eigenvalue weighted by molar-refractivity contribution is 9.10. The third-order valence-corrected chi connectivity index (χ3v) is 3.41. The summed E-state index contributed by atoms with van der Waals surface area (Å²) in [5.41, 5.74) is 0.517. The molecule has 16 heavy (non-hydrogen) atoms. The maximum atomic E-state index is 11.8. The molecule has 1 aromatic rings. The van der Waals surface area contributed by atoms with Gasteiger partial charge in [0.05, 0.1) is 10.6 Å². The predicted molar refractivity (Wildman–Crippen MR) is 67.8 cm³/mol. The minimum absolute atomic E-state index is 0.113. The monoisotopic (exact) mass is 302 g/mol. The predicted octanol–water partition coefficient (Wildman–Crippen LogP) is 2.05. The average molecular weight is 304 g/mol. The summed E-state index contributed by atoms with van der Waals surface area (Å²) in [6.45, 7) is 2.66. The Labute approximate surface area is 108 Å². The van der Waals surface area contributed by atoms with E-state index in [0.29, 0.717) is 23.0 Å². The molecule has 1 aliphatic heterocycles. The van der Waals surface area contributed by atoms with E-state index in [-0.39, 0.29) is 5.91 Å². The van der Waals surface area contributed by atoms with Gasteiger partial charge in [0.25, 0.3) is 5.91 Å². The lowest BCUT2D eigenvalue weighted by atomic mass is 10.0. The highest BCUT2D eigenvalue weighted by Gasteiger charge is 2.18. The molecule has 1 aromatic carbocycles. The molecule has 3 nitrogen and oxygen atoms in total. The molecule has 5 heteroatoms. The fourth-order valence-corrected chi connectivity index (χ4v) is 2.06. The smallest absolute Gasteiger partial charge is 0.252 e. The zero-order chi connectivity index (χ0) is 11.5. The maximum absolute atomic E-state index is 11.8. The van der Waals surface area contributed by atoms with Gasteiger partial charge in [-0.1, -0.05) is 27.5 Å². The van der Waals surface area contributed by atoms with Crippen molar-refractivity contribution in [3.63, 3.8) is 0 Å². The number of carbonyl (C=O) groups excluding carboxylic acids is 1. The number of hydrogen-bond acceptors (Lipinski definition) is 2. The van der Waals surface area contributed by atoms with Crippen LogP contribution in [-0.4, -0.2) is 25.5 Å². The van der Waals surface area contributed by atoms with Crippen molar-refractivity contribution >= 4 is 33.4 Å². The molecule has 2 N–H and O–H groups in total. The average Bonchev–Trinajstić information content (AvgIpc) is 2.19. The first-order chi connectivity index (χ1) is 7.66. The number of halogens is 2. The van der Waals surface area contributed by atoms with Crippen LogP contribution in [0.25, 0.3) is 0 Å². The van der Waals surface area contributed by atoms with Crippen molar-refractivity contribution in [3.8, 4) is 0 Å². The van der Waals surface area contributed by atoms with E-state index < -0.39 is 0 Å². The van der Waals surface area contributed by atoms with Gasteiger partial charge >= 0.3 is 0 Å². The van der Waals surface area contributed by atoms with Crippen molar-refractivity contribution in [1.29, 1.82) is 0 Å². The summed E-state index contributed by atoms with van der Waals surface area (Å²) in [4.78, 5) is 11.8. The fourth-order valence-electron chi connectivity index (χ4n) is 1.50. The molecule has 0 bridgehead atoms. The third kappa shape index (κ3) is 2.75. The number of carbonyl (C=O) groups is 1. The van der Waals surface area contributed by atoms with E-state index >= 15 is 0 Å². The topological polar surface area (TPSA) is 41.1 Å². The van der Waals surface area contributed by atoms with Crippen molar-refractivity contribution in [2.45, 2.75) is 0 Å². The second-order valence-electron chi connectivity index (χ2n) is 3.86. The van der Waals surface area contributed by atoms with Gasteiger partial charge in [0, 0.05) is 30.0 Å². The van der Waals surface area contributed by atoms with E-state index in [1.54, 1.807) is 12.1 Å². The fraction of sp³-hybridized carbons (Fsp3) is 0.364. The van der Waals surface area contributed by atoms with Crippen molar-refractivity contribution in [1.82, 2.24) is 10.6 Å². The SMILES string of the molecule is O=C(NCC1CNC1)c1cc(Br)ccc1Cl. The van der Waals surface area contributed by atoms with Gasteiger partial charge in [-0.25, -0.2) is 0 Å². The van der Waals surface area contributed by atoms with E-state index in [9.17, 15) is 4.79 Å². The molecule has 0 saturated carbocycles. The van der Waals surface area contributed by atoms with Gasteiger partial charge < -0.3 is 10.6 Å². The van der Waals surface area contributed by atoms with E-state index in [1.807, 2.05) is 6.07 Å². The van der Waals surface area contributed by atoms with Crippen LogP contribution in [0.2, 0.25) is 5.02 Å². The molecule has 1 heterocycles. The minimum atomic E-state index is -0.113. The van der Waals surface area contributed by atoms with Gasteiger partial charge in [-0.15, -0.1) is 0 Å². The Morgan fingerprint density at radius 2 is 2.31 bits per heavy atom. The van der Waals surface area contributed by atoms with Crippen LogP contribution in [0.4, 0.5) is 0 Å². The zero-order valence-corrected chi connectivity index (χ0v) is 10.9. The molecule has 0 spiro atoms. The Kier molecular flexibility index (Phi) is 3.84. The van der Waals surface area contributed by atoms with E-state index in [2.05, 4.69) is 26.6 Å². The van der Waals surface area contributed by atoms with Crippen LogP contribution < -0.4 is 10.6 Å². The van der Waals surface area contributed by atoms with E-state index in [0.717, 1.165) is 17.6 Å². The summed E-state index contributed by atoms with van der Waals surface area (Å²) in [6.07, 6.45) is 0. The summed E-state index contributed by atoms with van der Waals surface area (Å²) < 4.78 is 0.854. The van der Waals surface area contributed by atoms with E-state index in [4.69, 9.17) is 11.6 Å². The second-order valence-corrected chi connectivity index (χ2v) is 5.18. The lowest BCUT2D eigenvalue weighted by Gasteiger charge is -2.27. The summed E-state index contributed by atoms with van der Waals surface area (Å²) in [5.74, 6) is 0.438. The van der Waals surface area contributed by atoms with Gasteiger partial charge in [0.2, 0.25) is 0 Å². The molecule has 0 aliphatic carbocycles. The number of hydrogen-bond donors (Lipinski definition) is 2. The number of rotatable bonds is 3. The van der Waals surface area contributed by atoms with E-state index in [1.165, 1.54) is 0 Å².